The van der Waals surface area contributed by atoms with Crippen molar-refractivity contribution >= 4 is 33.4 Å². The molecule has 0 atom stereocenters. The molecule has 0 bridgehead atoms. The van der Waals surface area contributed by atoms with Crippen LogP contribution in [-0.2, 0) is 0 Å². The van der Waals surface area contributed by atoms with E-state index >= 15 is 0 Å². The van der Waals surface area contributed by atoms with Crippen LogP contribution in [0.1, 0.15) is 0 Å². The van der Waals surface area contributed by atoms with Crippen molar-refractivity contribution in [3.63, 3.8) is 0 Å². The zero-order chi connectivity index (χ0) is 21.7. The van der Waals surface area contributed by atoms with E-state index in [2.05, 4.69) is 41.3 Å². The van der Waals surface area contributed by atoms with Gasteiger partial charge in [0.2, 0.25) is 5.95 Å². The first-order valence-electron chi connectivity index (χ1n) is 8.55. The van der Waals surface area contributed by atoms with Gasteiger partial charge in [0, 0.05) is 22.6 Å². The minimum Gasteiger partial charge on any atom is -0.406 e. The summed E-state index contributed by atoms with van der Waals surface area (Å²) < 4.78 is 55.3. The number of nitrogens with one attached hydrogen (secondary N) is 2. The van der Waals surface area contributed by atoms with Gasteiger partial charge < -0.3 is 20.5 Å². The standard InChI is InChI=1S/C19H15BrF4N4O2/c20-14-9-12(21)4-5-15(14)26-17-10-16(27-18(28-17)25-6-7-29)11-2-1-3-13(8-11)30-19(22,23)24/h1-5,8-10,29H,6-7H2,(H2,25,26,27,28). The van der Waals surface area contributed by atoms with E-state index in [0.29, 0.717) is 27.2 Å². The van der Waals surface area contributed by atoms with Gasteiger partial charge in [0.05, 0.1) is 18.0 Å². The molecule has 0 aliphatic heterocycles. The molecule has 1 heterocycles. The average molecular weight is 487 g/mol. The molecule has 2 aromatic carbocycles. The number of aliphatic hydroxyl groups excluding tert-OH is 1. The predicted molar refractivity (Wildman–Crippen MR) is 107 cm³/mol. The third-order valence-corrected chi connectivity index (χ3v) is 4.33. The molecule has 3 rings (SSSR count). The second kappa shape index (κ2) is 9.26. The maximum atomic E-state index is 13.3. The van der Waals surface area contributed by atoms with E-state index < -0.39 is 12.2 Å². The van der Waals surface area contributed by atoms with Crippen LogP contribution in [0.2, 0.25) is 0 Å². The van der Waals surface area contributed by atoms with E-state index in [-0.39, 0.29) is 24.8 Å². The molecule has 0 fully saturated rings. The normalized spacial score (nSPS) is 11.3. The minimum atomic E-state index is -4.82. The first-order chi connectivity index (χ1) is 14.2. The highest BCUT2D eigenvalue weighted by atomic mass is 79.9. The quantitative estimate of drug-likeness (QED) is 0.403. The molecule has 3 aromatic rings. The number of halogens is 5. The van der Waals surface area contributed by atoms with Crippen LogP contribution < -0.4 is 15.4 Å². The zero-order valence-corrected chi connectivity index (χ0v) is 16.8. The summed E-state index contributed by atoms with van der Waals surface area (Å²) in [6.45, 7) is -0.00483. The van der Waals surface area contributed by atoms with Crippen molar-refractivity contribution in [3.8, 4) is 17.0 Å². The molecule has 0 saturated heterocycles. The van der Waals surface area contributed by atoms with Crippen LogP contribution in [0.25, 0.3) is 11.3 Å². The van der Waals surface area contributed by atoms with Crippen LogP contribution in [0.3, 0.4) is 0 Å². The lowest BCUT2D eigenvalue weighted by atomic mass is 10.1. The Morgan fingerprint density at radius 1 is 1.07 bits per heavy atom. The van der Waals surface area contributed by atoms with E-state index in [9.17, 15) is 17.6 Å². The molecule has 0 aliphatic rings. The minimum absolute atomic E-state index is 0.143. The Morgan fingerprint density at radius 2 is 1.87 bits per heavy atom. The van der Waals surface area contributed by atoms with Crippen LogP contribution in [0.15, 0.2) is 53.0 Å². The Hall–Kier alpha value is -2.92. The summed E-state index contributed by atoms with van der Waals surface area (Å²) in [4.78, 5) is 8.54. The Morgan fingerprint density at radius 3 is 2.57 bits per heavy atom. The number of hydrogen-bond donors (Lipinski definition) is 3. The Labute approximate surface area is 177 Å². The first-order valence-corrected chi connectivity index (χ1v) is 9.35. The number of rotatable bonds is 7. The number of benzene rings is 2. The molecule has 0 spiro atoms. The van der Waals surface area contributed by atoms with Gasteiger partial charge in [0.15, 0.2) is 0 Å². The van der Waals surface area contributed by atoms with Gasteiger partial charge in [0.1, 0.15) is 17.4 Å². The van der Waals surface area contributed by atoms with Crippen LogP contribution in [0, 0.1) is 5.82 Å². The Kier molecular flexibility index (Phi) is 6.73. The third-order valence-electron chi connectivity index (χ3n) is 3.68. The molecule has 1 aromatic heterocycles. The van der Waals surface area contributed by atoms with Gasteiger partial charge in [-0.1, -0.05) is 12.1 Å². The van der Waals surface area contributed by atoms with Crippen LogP contribution >= 0.6 is 15.9 Å². The number of nitrogens with zero attached hydrogens (tertiary/aromatic N) is 2. The summed E-state index contributed by atoms with van der Waals surface area (Å²) in [5.74, 6) is -0.374. The summed E-state index contributed by atoms with van der Waals surface area (Å²) in [7, 11) is 0. The SMILES string of the molecule is OCCNc1nc(Nc2ccc(F)cc2Br)cc(-c2cccc(OC(F)(F)F)c2)n1. The molecule has 0 unspecified atom stereocenters. The van der Waals surface area contributed by atoms with Crippen molar-refractivity contribution < 1.29 is 27.4 Å². The van der Waals surface area contributed by atoms with E-state index in [0.717, 1.165) is 0 Å². The van der Waals surface area contributed by atoms with Crippen molar-refractivity contribution in [1.82, 2.24) is 9.97 Å². The van der Waals surface area contributed by atoms with Gasteiger partial charge in [-0.15, -0.1) is 13.2 Å². The molecule has 30 heavy (non-hydrogen) atoms. The molecule has 0 amide bonds. The number of aliphatic hydroxyl groups is 1. The maximum absolute atomic E-state index is 13.3. The summed E-state index contributed by atoms with van der Waals surface area (Å²) >= 11 is 3.25. The van der Waals surface area contributed by atoms with E-state index in [1.165, 1.54) is 42.5 Å². The van der Waals surface area contributed by atoms with Crippen molar-refractivity contribution in [3.05, 3.63) is 58.8 Å². The Bertz CT molecular complexity index is 1030. The lowest BCUT2D eigenvalue weighted by Gasteiger charge is -2.13. The van der Waals surface area contributed by atoms with Crippen LogP contribution in [0.4, 0.5) is 35.0 Å². The summed E-state index contributed by atoms with van der Waals surface area (Å²) in [6.07, 6.45) is -4.82. The highest BCUT2D eigenvalue weighted by Crippen LogP contribution is 2.31. The van der Waals surface area contributed by atoms with Gasteiger partial charge in [-0.05, 0) is 46.3 Å². The highest BCUT2D eigenvalue weighted by molar-refractivity contribution is 9.10. The number of hydrogen-bond acceptors (Lipinski definition) is 6. The molecule has 11 heteroatoms. The molecule has 3 N–H and O–H groups in total. The first kappa shape index (κ1) is 21.8. The Balaban J connectivity index is 1.97. The molecule has 0 saturated carbocycles. The predicted octanol–water partition coefficient (Wildman–Crippen LogP) is 5.09. The number of alkyl halides is 3. The molecule has 0 radical (unpaired) electrons. The third kappa shape index (κ3) is 6.04. The van der Waals surface area contributed by atoms with Crippen LogP contribution in [0.5, 0.6) is 5.75 Å². The smallest absolute Gasteiger partial charge is 0.406 e. The molecule has 6 nitrogen and oxygen atoms in total. The molecule has 0 aliphatic carbocycles. The van der Waals surface area contributed by atoms with Gasteiger partial charge >= 0.3 is 6.36 Å². The van der Waals surface area contributed by atoms with E-state index in [1.54, 1.807) is 6.07 Å². The molecular formula is C19H15BrF4N4O2. The average Bonchev–Trinajstić information content (AvgIpc) is 2.67. The second-order valence-corrected chi connectivity index (χ2v) is 6.79. The number of aromatic nitrogens is 2. The van der Waals surface area contributed by atoms with Crippen molar-refractivity contribution in [2.75, 3.05) is 23.8 Å². The lowest BCUT2D eigenvalue weighted by Crippen LogP contribution is -2.17. The fourth-order valence-electron chi connectivity index (χ4n) is 2.49. The van der Waals surface area contributed by atoms with E-state index in [1.807, 2.05) is 0 Å². The number of ether oxygens (including phenoxy) is 1. The molecular weight excluding hydrogens is 472 g/mol. The summed E-state index contributed by atoms with van der Waals surface area (Å²) in [6, 6.07) is 10.9. The molecule has 158 valence electrons. The van der Waals surface area contributed by atoms with Gasteiger partial charge in [-0.25, -0.2) is 9.37 Å². The second-order valence-electron chi connectivity index (χ2n) is 5.94. The van der Waals surface area contributed by atoms with Crippen molar-refractivity contribution in [2.45, 2.75) is 6.36 Å². The van der Waals surface area contributed by atoms with Crippen molar-refractivity contribution in [1.29, 1.82) is 0 Å². The maximum Gasteiger partial charge on any atom is 0.573 e. The van der Waals surface area contributed by atoms with Gasteiger partial charge in [-0.2, -0.15) is 4.98 Å². The zero-order valence-electron chi connectivity index (χ0n) is 15.2. The fraction of sp³-hybridized carbons (Fsp3) is 0.158. The van der Waals surface area contributed by atoms with Gasteiger partial charge in [-0.3, -0.25) is 0 Å². The summed E-state index contributed by atoms with van der Waals surface area (Å²) in [5.41, 5.74) is 1.18. The monoisotopic (exact) mass is 486 g/mol. The van der Waals surface area contributed by atoms with Crippen LogP contribution in [-0.4, -0.2) is 34.6 Å². The highest BCUT2D eigenvalue weighted by Gasteiger charge is 2.31. The fourth-order valence-corrected chi connectivity index (χ4v) is 2.94. The van der Waals surface area contributed by atoms with Gasteiger partial charge in [0.25, 0.3) is 0 Å². The topological polar surface area (TPSA) is 79.3 Å². The number of anilines is 3. The van der Waals surface area contributed by atoms with E-state index in [4.69, 9.17) is 5.11 Å². The van der Waals surface area contributed by atoms with Crippen molar-refractivity contribution in [2.24, 2.45) is 0 Å². The summed E-state index contributed by atoms with van der Waals surface area (Å²) in [5, 5.41) is 14.8. The largest absolute Gasteiger partial charge is 0.573 e. The lowest BCUT2D eigenvalue weighted by molar-refractivity contribution is -0.274.